The average molecular weight is 395 g/mol. The van der Waals surface area contributed by atoms with E-state index in [0.29, 0.717) is 6.42 Å². The molecular weight excluding hydrogens is 376 g/mol. The molecule has 0 unspecified atom stereocenters. The number of aromatic nitrogens is 1. The molecule has 126 valence electrons. The Morgan fingerprint density at radius 3 is 2.32 bits per heavy atom. The second-order valence-electron chi connectivity index (χ2n) is 5.91. The van der Waals surface area contributed by atoms with Crippen LogP contribution in [-0.2, 0) is 11.2 Å². The van der Waals surface area contributed by atoms with Crippen LogP contribution in [0.25, 0.3) is 11.1 Å². The monoisotopic (exact) mass is 394 g/mol. The van der Waals surface area contributed by atoms with E-state index in [1.165, 1.54) is 5.56 Å². The fourth-order valence-corrected chi connectivity index (χ4v) is 3.02. The molecule has 0 fully saturated rings. The molecule has 0 saturated carbocycles. The molecule has 0 aliphatic rings. The molecular formula is C21H19BrN2O. The Kier molecular flexibility index (Phi) is 5.61. The Bertz CT molecular complexity index is 847. The molecule has 3 rings (SSSR count). The molecule has 3 nitrogen and oxygen atoms in total. The van der Waals surface area contributed by atoms with Gasteiger partial charge in [-0.2, -0.15) is 0 Å². The third-order valence-corrected chi connectivity index (χ3v) is 4.43. The highest BCUT2D eigenvalue weighted by Crippen LogP contribution is 2.19. The van der Waals surface area contributed by atoms with Gasteiger partial charge in [0.15, 0.2) is 0 Å². The van der Waals surface area contributed by atoms with Gasteiger partial charge in [0, 0.05) is 0 Å². The minimum Gasteiger partial charge on any atom is -0.348 e. The van der Waals surface area contributed by atoms with E-state index < -0.39 is 0 Å². The summed E-state index contributed by atoms with van der Waals surface area (Å²) in [6.45, 7) is 1.94. The van der Waals surface area contributed by atoms with Crippen molar-refractivity contribution >= 4 is 21.8 Å². The van der Waals surface area contributed by atoms with E-state index in [0.717, 1.165) is 21.4 Å². The maximum Gasteiger partial charge on any atom is 0.224 e. The van der Waals surface area contributed by atoms with Crippen molar-refractivity contribution < 1.29 is 4.79 Å². The Labute approximate surface area is 156 Å². The van der Waals surface area contributed by atoms with Gasteiger partial charge in [-0.15, -0.1) is 0 Å². The first kappa shape index (κ1) is 17.4. The summed E-state index contributed by atoms with van der Waals surface area (Å²) in [6, 6.07) is 23.9. The maximum absolute atomic E-state index is 12.3. The quantitative estimate of drug-likeness (QED) is 0.623. The maximum atomic E-state index is 12.3. The smallest absolute Gasteiger partial charge is 0.224 e. The molecule has 4 heteroatoms. The Morgan fingerprint density at radius 1 is 0.960 bits per heavy atom. The summed E-state index contributed by atoms with van der Waals surface area (Å²) in [5.74, 6) is -0.0123. The molecule has 0 bridgehead atoms. The van der Waals surface area contributed by atoms with Crippen LogP contribution in [0.5, 0.6) is 0 Å². The van der Waals surface area contributed by atoms with Crippen LogP contribution in [-0.4, -0.2) is 10.9 Å². The van der Waals surface area contributed by atoms with Gasteiger partial charge in [0.25, 0.3) is 0 Å². The lowest BCUT2D eigenvalue weighted by Crippen LogP contribution is -2.28. The first-order valence-electron chi connectivity index (χ1n) is 8.18. The van der Waals surface area contributed by atoms with Crippen molar-refractivity contribution in [2.24, 2.45) is 0 Å². The summed E-state index contributed by atoms with van der Waals surface area (Å²) < 4.78 is 0.766. The minimum atomic E-state index is -0.131. The normalized spacial score (nSPS) is 11.8. The number of nitrogens with zero attached hydrogens (tertiary/aromatic N) is 1. The predicted octanol–water partition coefficient (Wildman–Crippen LogP) is 4.93. The summed E-state index contributed by atoms with van der Waals surface area (Å²) in [5, 5.41) is 3.00. The molecule has 1 N–H and O–H groups in total. The Hall–Kier alpha value is -2.46. The van der Waals surface area contributed by atoms with Crippen LogP contribution in [0, 0.1) is 0 Å². The topological polar surface area (TPSA) is 42.0 Å². The molecule has 0 radical (unpaired) electrons. The number of amides is 1. The molecule has 0 aliphatic heterocycles. The fraction of sp³-hybridized carbons (Fsp3) is 0.143. The summed E-state index contributed by atoms with van der Waals surface area (Å²) in [7, 11) is 0. The van der Waals surface area contributed by atoms with Crippen molar-refractivity contribution in [2.45, 2.75) is 19.4 Å². The van der Waals surface area contributed by atoms with Gasteiger partial charge in [-0.05, 0) is 51.7 Å². The number of nitrogens with one attached hydrogen (secondary N) is 1. The predicted molar refractivity (Wildman–Crippen MR) is 104 cm³/mol. The third-order valence-electron chi connectivity index (χ3n) is 3.98. The SMILES string of the molecule is C[C@@H](NC(=O)Cc1ccc(-c2ccccc2)cc1)c1cccc(Br)n1. The van der Waals surface area contributed by atoms with Crippen molar-refractivity contribution in [3.63, 3.8) is 0 Å². The second-order valence-corrected chi connectivity index (χ2v) is 6.73. The fourth-order valence-electron chi connectivity index (χ4n) is 2.66. The van der Waals surface area contributed by atoms with Gasteiger partial charge in [-0.25, -0.2) is 4.98 Å². The first-order valence-corrected chi connectivity index (χ1v) is 8.97. The van der Waals surface area contributed by atoms with Gasteiger partial charge in [0.1, 0.15) is 4.60 Å². The van der Waals surface area contributed by atoms with Crippen LogP contribution >= 0.6 is 15.9 Å². The molecule has 0 spiro atoms. The number of halogens is 1. The summed E-state index contributed by atoms with van der Waals surface area (Å²) >= 11 is 3.35. The van der Waals surface area contributed by atoms with E-state index in [1.54, 1.807) is 0 Å². The highest BCUT2D eigenvalue weighted by Gasteiger charge is 2.11. The van der Waals surface area contributed by atoms with E-state index in [-0.39, 0.29) is 11.9 Å². The summed E-state index contributed by atoms with van der Waals surface area (Å²) in [4.78, 5) is 16.7. The van der Waals surface area contributed by atoms with Crippen LogP contribution in [0.3, 0.4) is 0 Å². The van der Waals surface area contributed by atoms with E-state index in [9.17, 15) is 4.79 Å². The van der Waals surface area contributed by atoms with E-state index in [4.69, 9.17) is 0 Å². The molecule has 0 saturated heterocycles. The molecule has 25 heavy (non-hydrogen) atoms. The molecule has 3 aromatic rings. The van der Waals surface area contributed by atoms with Gasteiger partial charge >= 0.3 is 0 Å². The van der Waals surface area contributed by atoms with Crippen LogP contribution in [0.1, 0.15) is 24.2 Å². The lowest BCUT2D eigenvalue weighted by atomic mass is 10.0. The van der Waals surface area contributed by atoms with Crippen LogP contribution in [0.2, 0.25) is 0 Å². The number of carbonyl (C=O) groups excluding carboxylic acids is 1. The van der Waals surface area contributed by atoms with Crippen molar-refractivity contribution in [3.05, 3.63) is 88.7 Å². The van der Waals surface area contributed by atoms with Crippen LogP contribution < -0.4 is 5.32 Å². The van der Waals surface area contributed by atoms with Crippen LogP contribution in [0.4, 0.5) is 0 Å². The van der Waals surface area contributed by atoms with Gasteiger partial charge in [0.2, 0.25) is 5.91 Å². The third kappa shape index (κ3) is 4.77. The van der Waals surface area contributed by atoms with E-state index in [2.05, 4.69) is 50.5 Å². The van der Waals surface area contributed by atoms with Crippen molar-refractivity contribution in [1.82, 2.24) is 10.3 Å². The van der Waals surface area contributed by atoms with E-state index in [1.807, 2.05) is 55.5 Å². The highest BCUT2D eigenvalue weighted by molar-refractivity contribution is 9.10. The molecule has 1 atom stereocenters. The van der Waals surface area contributed by atoms with Gasteiger partial charge in [0.05, 0.1) is 18.2 Å². The van der Waals surface area contributed by atoms with Gasteiger partial charge in [-0.1, -0.05) is 60.7 Å². The van der Waals surface area contributed by atoms with Crippen molar-refractivity contribution in [2.75, 3.05) is 0 Å². The minimum absolute atomic E-state index is 0.0123. The van der Waals surface area contributed by atoms with Crippen molar-refractivity contribution in [3.8, 4) is 11.1 Å². The molecule has 1 heterocycles. The van der Waals surface area contributed by atoms with Gasteiger partial charge in [-0.3, -0.25) is 4.79 Å². The number of hydrogen-bond donors (Lipinski definition) is 1. The molecule has 1 aromatic heterocycles. The Morgan fingerprint density at radius 2 is 1.64 bits per heavy atom. The zero-order valence-electron chi connectivity index (χ0n) is 13.9. The molecule has 1 amide bonds. The highest BCUT2D eigenvalue weighted by atomic mass is 79.9. The van der Waals surface area contributed by atoms with E-state index >= 15 is 0 Å². The molecule has 0 aliphatic carbocycles. The second kappa shape index (κ2) is 8.08. The lowest BCUT2D eigenvalue weighted by molar-refractivity contribution is -0.121. The lowest BCUT2D eigenvalue weighted by Gasteiger charge is -2.14. The zero-order valence-corrected chi connectivity index (χ0v) is 15.5. The summed E-state index contributed by atoms with van der Waals surface area (Å²) in [5.41, 5.74) is 4.15. The van der Waals surface area contributed by atoms with Crippen molar-refractivity contribution in [1.29, 1.82) is 0 Å². The number of rotatable bonds is 5. The standard InChI is InChI=1S/C21H19BrN2O/c1-15(19-8-5-9-20(22)24-19)23-21(25)14-16-10-12-18(13-11-16)17-6-3-2-4-7-17/h2-13,15H,14H2,1H3,(H,23,25)/t15-/m1/s1. The number of carbonyl (C=O) groups is 1. The number of hydrogen-bond acceptors (Lipinski definition) is 2. The van der Waals surface area contributed by atoms with Crippen LogP contribution in [0.15, 0.2) is 77.4 Å². The van der Waals surface area contributed by atoms with Gasteiger partial charge < -0.3 is 5.32 Å². The average Bonchev–Trinajstić information content (AvgIpc) is 2.63. The summed E-state index contributed by atoms with van der Waals surface area (Å²) in [6.07, 6.45) is 0.355. The zero-order chi connectivity index (χ0) is 17.6. The largest absolute Gasteiger partial charge is 0.348 e. The number of benzene rings is 2. The number of pyridine rings is 1. The molecule has 2 aromatic carbocycles. The Balaban J connectivity index is 1.61. The first-order chi connectivity index (χ1) is 12.1.